The van der Waals surface area contributed by atoms with E-state index in [1.54, 1.807) is 7.05 Å². The van der Waals surface area contributed by atoms with Gasteiger partial charge in [-0.05, 0) is 38.9 Å². The standard InChI is InChI=1S/C15H25N3O5S2/c1-4-24(19,20)17-14-10-13(23-3)7-8-15(14)25(21,22)18-9-5-6-12(18)11-16-2/h7-8,10,12,16-17H,4-6,9,11H2,1-3H3. The van der Waals surface area contributed by atoms with Crippen LogP contribution in [0.5, 0.6) is 5.75 Å². The van der Waals surface area contributed by atoms with Crippen molar-refractivity contribution in [1.29, 1.82) is 0 Å². The van der Waals surface area contributed by atoms with Crippen LogP contribution in [0.25, 0.3) is 0 Å². The highest BCUT2D eigenvalue weighted by molar-refractivity contribution is 7.93. The van der Waals surface area contributed by atoms with Crippen LogP contribution in [-0.4, -0.2) is 60.2 Å². The second-order valence-electron chi connectivity index (χ2n) is 5.84. The minimum atomic E-state index is -3.84. The van der Waals surface area contributed by atoms with Crippen LogP contribution >= 0.6 is 0 Å². The molecule has 2 N–H and O–H groups in total. The lowest BCUT2D eigenvalue weighted by Crippen LogP contribution is -2.41. The first-order valence-corrected chi connectivity index (χ1v) is 11.2. The van der Waals surface area contributed by atoms with Crippen molar-refractivity contribution in [2.24, 2.45) is 0 Å². The molecule has 0 spiro atoms. The molecule has 1 saturated heterocycles. The van der Waals surface area contributed by atoms with Gasteiger partial charge in [0.2, 0.25) is 20.0 Å². The zero-order chi connectivity index (χ0) is 18.7. The van der Waals surface area contributed by atoms with Crippen molar-refractivity contribution in [2.75, 3.05) is 37.7 Å². The van der Waals surface area contributed by atoms with Gasteiger partial charge in [-0.2, -0.15) is 4.31 Å². The number of hydrogen-bond acceptors (Lipinski definition) is 6. The van der Waals surface area contributed by atoms with Gasteiger partial charge < -0.3 is 10.1 Å². The lowest BCUT2D eigenvalue weighted by atomic mass is 10.2. The van der Waals surface area contributed by atoms with Crippen LogP contribution < -0.4 is 14.8 Å². The van der Waals surface area contributed by atoms with Crippen molar-refractivity contribution in [3.63, 3.8) is 0 Å². The molecule has 0 amide bonds. The minimum Gasteiger partial charge on any atom is -0.497 e. The first-order valence-electron chi connectivity index (χ1n) is 8.10. The summed E-state index contributed by atoms with van der Waals surface area (Å²) in [6.45, 7) is 2.45. The Morgan fingerprint density at radius 1 is 1.28 bits per heavy atom. The fraction of sp³-hybridized carbons (Fsp3) is 0.600. The minimum absolute atomic E-state index is 0.0105. The molecule has 1 atom stereocenters. The van der Waals surface area contributed by atoms with Gasteiger partial charge in [0.1, 0.15) is 10.6 Å². The number of rotatable bonds is 8. The van der Waals surface area contributed by atoms with E-state index >= 15 is 0 Å². The van der Waals surface area contributed by atoms with Crippen molar-refractivity contribution in [3.05, 3.63) is 18.2 Å². The monoisotopic (exact) mass is 391 g/mol. The third-order valence-electron chi connectivity index (χ3n) is 4.18. The van der Waals surface area contributed by atoms with Gasteiger partial charge in [0, 0.05) is 25.2 Å². The fourth-order valence-electron chi connectivity index (χ4n) is 2.87. The molecule has 0 aliphatic carbocycles. The predicted molar refractivity (Wildman–Crippen MR) is 96.9 cm³/mol. The molecule has 10 heteroatoms. The molecule has 2 rings (SSSR count). The molecule has 1 aliphatic heterocycles. The Hall–Kier alpha value is -1.36. The molecule has 1 aromatic carbocycles. The van der Waals surface area contributed by atoms with Crippen molar-refractivity contribution in [2.45, 2.75) is 30.7 Å². The van der Waals surface area contributed by atoms with Gasteiger partial charge in [0.25, 0.3) is 0 Å². The Morgan fingerprint density at radius 3 is 2.60 bits per heavy atom. The zero-order valence-corrected chi connectivity index (χ0v) is 16.3. The van der Waals surface area contributed by atoms with Crippen molar-refractivity contribution in [3.8, 4) is 5.75 Å². The summed E-state index contributed by atoms with van der Waals surface area (Å²) in [5.41, 5.74) is 0.0105. The van der Waals surface area contributed by atoms with E-state index in [1.165, 1.54) is 36.5 Å². The Kier molecular flexibility index (Phi) is 6.30. The molecule has 142 valence electrons. The number of hydrogen-bond donors (Lipinski definition) is 2. The quantitative estimate of drug-likeness (QED) is 0.680. The number of likely N-dealkylation sites (N-methyl/N-ethyl adjacent to an activating group) is 1. The Bertz CT molecular complexity index is 808. The molecular formula is C15H25N3O5S2. The number of nitrogens with zero attached hydrogens (tertiary/aromatic N) is 1. The van der Waals surface area contributed by atoms with Gasteiger partial charge in [-0.3, -0.25) is 4.72 Å². The van der Waals surface area contributed by atoms with E-state index in [2.05, 4.69) is 10.0 Å². The summed E-state index contributed by atoms with van der Waals surface area (Å²) >= 11 is 0. The maximum absolute atomic E-state index is 13.1. The molecule has 1 aromatic rings. The predicted octanol–water partition coefficient (Wildman–Crippen LogP) is 0.829. The van der Waals surface area contributed by atoms with Crippen LogP contribution in [0.2, 0.25) is 0 Å². The highest BCUT2D eigenvalue weighted by atomic mass is 32.2. The van der Waals surface area contributed by atoms with E-state index in [4.69, 9.17) is 4.74 Å². The normalized spacial score (nSPS) is 19.1. The first-order chi connectivity index (χ1) is 11.7. The van der Waals surface area contributed by atoms with Crippen molar-refractivity contribution in [1.82, 2.24) is 9.62 Å². The van der Waals surface area contributed by atoms with Gasteiger partial charge in [0.15, 0.2) is 0 Å². The highest BCUT2D eigenvalue weighted by Gasteiger charge is 2.36. The maximum atomic E-state index is 13.1. The van der Waals surface area contributed by atoms with E-state index in [-0.39, 0.29) is 22.4 Å². The number of benzene rings is 1. The Labute approximate surface area is 149 Å². The smallest absolute Gasteiger partial charge is 0.245 e. The summed E-state index contributed by atoms with van der Waals surface area (Å²) in [6.07, 6.45) is 1.55. The first kappa shape index (κ1) is 20.0. The average Bonchev–Trinajstić information content (AvgIpc) is 3.03. The SMILES string of the molecule is CCS(=O)(=O)Nc1cc(OC)ccc1S(=O)(=O)N1CCCC1CNC. The van der Waals surface area contributed by atoms with Gasteiger partial charge in [-0.1, -0.05) is 0 Å². The average molecular weight is 392 g/mol. The molecule has 25 heavy (non-hydrogen) atoms. The van der Waals surface area contributed by atoms with E-state index in [0.717, 1.165) is 12.8 Å². The summed E-state index contributed by atoms with van der Waals surface area (Å²) in [7, 11) is -4.25. The lowest BCUT2D eigenvalue weighted by Gasteiger charge is -2.25. The number of nitrogens with one attached hydrogen (secondary N) is 2. The summed E-state index contributed by atoms with van der Waals surface area (Å²) in [6, 6.07) is 4.15. The van der Waals surface area contributed by atoms with E-state index in [9.17, 15) is 16.8 Å². The van der Waals surface area contributed by atoms with E-state index < -0.39 is 20.0 Å². The molecule has 1 unspecified atom stereocenters. The second-order valence-corrected chi connectivity index (χ2v) is 9.71. The molecule has 1 fully saturated rings. The third-order valence-corrected chi connectivity index (χ3v) is 7.48. The molecule has 0 bridgehead atoms. The third kappa shape index (κ3) is 4.43. The molecule has 0 saturated carbocycles. The van der Waals surface area contributed by atoms with Crippen LogP contribution in [0.4, 0.5) is 5.69 Å². The molecule has 0 aromatic heterocycles. The van der Waals surface area contributed by atoms with E-state index in [1.807, 2.05) is 0 Å². The summed E-state index contributed by atoms with van der Waals surface area (Å²) < 4.78 is 59.1. The summed E-state index contributed by atoms with van der Waals surface area (Å²) in [5.74, 6) is 0.219. The van der Waals surface area contributed by atoms with Gasteiger partial charge >= 0.3 is 0 Å². The molecule has 0 radical (unpaired) electrons. The van der Waals surface area contributed by atoms with Crippen molar-refractivity contribution < 1.29 is 21.6 Å². The highest BCUT2D eigenvalue weighted by Crippen LogP contribution is 2.33. The number of methoxy groups -OCH3 is 1. The van der Waals surface area contributed by atoms with E-state index in [0.29, 0.717) is 18.8 Å². The molecular weight excluding hydrogens is 366 g/mol. The Balaban J connectivity index is 2.49. The largest absolute Gasteiger partial charge is 0.497 e. The molecule has 8 nitrogen and oxygen atoms in total. The van der Waals surface area contributed by atoms with Crippen LogP contribution in [0.3, 0.4) is 0 Å². The summed E-state index contributed by atoms with van der Waals surface area (Å²) in [4.78, 5) is -0.0617. The van der Waals surface area contributed by atoms with Gasteiger partial charge in [0.05, 0.1) is 18.6 Å². The fourth-order valence-corrected chi connectivity index (χ4v) is 5.41. The Morgan fingerprint density at radius 2 is 2.00 bits per heavy atom. The van der Waals surface area contributed by atoms with Gasteiger partial charge in [-0.25, -0.2) is 16.8 Å². The zero-order valence-electron chi connectivity index (χ0n) is 14.6. The topological polar surface area (TPSA) is 105 Å². The van der Waals surface area contributed by atoms with Crippen LogP contribution in [0.1, 0.15) is 19.8 Å². The van der Waals surface area contributed by atoms with Crippen LogP contribution in [0.15, 0.2) is 23.1 Å². The summed E-state index contributed by atoms with van der Waals surface area (Å²) in [5, 5.41) is 3.01. The maximum Gasteiger partial charge on any atom is 0.245 e. The molecule has 1 heterocycles. The van der Waals surface area contributed by atoms with Crippen LogP contribution in [0, 0.1) is 0 Å². The lowest BCUT2D eigenvalue weighted by molar-refractivity contribution is 0.379. The number of sulfonamides is 2. The van der Waals surface area contributed by atoms with Gasteiger partial charge in [-0.15, -0.1) is 0 Å². The molecule has 1 aliphatic rings. The number of anilines is 1. The van der Waals surface area contributed by atoms with Crippen molar-refractivity contribution >= 4 is 25.7 Å². The second kappa shape index (κ2) is 7.90. The number of ether oxygens (including phenoxy) is 1. The van der Waals surface area contributed by atoms with Crippen LogP contribution in [-0.2, 0) is 20.0 Å².